The van der Waals surface area contributed by atoms with Gasteiger partial charge in [0.05, 0.1) is 5.69 Å². The summed E-state index contributed by atoms with van der Waals surface area (Å²) in [5.74, 6) is 0.834. The van der Waals surface area contributed by atoms with E-state index in [1.54, 1.807) is 12.4 Å². The monoisotopic (exact) mass is 272 g/mol. The topological polar surface area (TPSA) is 50.1 Å². The zero-order valence-corrected chi connectivity index (χ0v) is 12.0. The number of piperazine rings is 1. The third-order valence-corrected chi connectivity index (χ3v) is 3.76. The second-order valence-electron chi connectivity index (χ2n) is 5.21. The van der Waals surface area contributed by atoms with E-state index in [2.05, 4.69) is 37.9 Å². The molecule has 6 nitrogen and oxygen atoms in total. The quantitative estimate of drug-likeness (QED) is 0.829. The maximum Gasteiger partial charge on any atom is 0.225 e. The summed E-state index contributed by atoms with van der Waals surface area (Å²) in [5.41, 5.74) is 2.35. The van der Waals surface area contributed by atoms with Gasteiger partial charge in [-0.1, -0.05) is 0 Å². The van der Waals surface area contributed by atoms with Gasteiger partial charge in [0.15, 0.2) is 0 Å². The first-order chi connectivity index (χ1) is 9.72. The Bertz CT molecular complexity index is 537. The van der Waals surface area contributed by atoms with Crippen LogP contribution in [-0.4, -0.2) is 50.8 Å². The molecule has 0 aliphatic carbocycles. The fraction of sp³-hybridized carbons (Fsp3) is 0.500. The van der Waals surface area contributed by atoms with E-state index in [9.17, 15) is 0 Å². The van der Waals surface area contributed by atoms with Crippen LogP contribution in [0, 0.1) is 6.92 Å². The fourth-order valence-electron chi connectivity index (χ4n) is 2.50. The zero-order chi connectivity index (χ0) is 13.9. The highest BCUT2D eigenvalue weighted by atomic mass is 15.3. The summed E-state index contributed by atoms with van der Waals surface area (Å²) < 4.78 is 1.93. The van der Waals surface area contributed by atoms with Gasteiger partial charge in [0.25, 0.3) is 0 Å². The summed E-state index contributed by atoms with van der Waals surface area (Å²) in [7, 11) is 1.99. The first-order valence-corrected chi connectivity index (χ1v) is 6.96. The van der Waals surface area contributed by atoms with Crippen molar-refractivity contribution in [3.63, 3.8) is 0 Å². The molecule has 0 N–H and O–H groups in total. The fourth-order valence-corrected chi connectivity index (χ4v) is 2.50. The van der Waals surface area contributed by atoms with Crippen LogP contribution < -0.4 is 4.90 Å². The van der Waals surface area contributed by atoms with Crippen LogP contribution in [-0.2, 0) is 13.6 Å². The van der Waals surface area contributed by atoms with E-state index >= 15 is 0 Å². The van der Waals surface area contributed by atoms with Gasteiger partial charge < -0.3 is 4.90 Å². The molecular formula is C14H20N6. The average molecular weight is 272 g/mol. The van der Waals surface area contributed by atoms with Crippen molar-refractivity contribution in [1.29, 1.82) is 0 Å². The lowest BCUT2D eigenvalue weighted by molar-refractivity contribution is 0.245. The van der Waals surface area contributed by atoms with Crippen molar-refractivity contribution in [2.24, 2.45) is 7.05 Å². The summed E-state index contributed by atoms with van der Waals surface area (Å²) in [6, 6.07) is 4.01. The van der Waals surface area contributed by atoms with Gasteiger partial charge in [-0.3, -0.25) is 9.58 Å². The van der Waals surface area contributed by atoms with Gasteiger partial charge in [0.1, 0.15) is 0 Å². The lowest BCUT2D eigenvalue weighted by atomic mass is 10.3. The van der Waals surface area contributed by atoms with Crippen LogP contribution in [0.4, 0.5) is 5.95 Å². The molecule has 0 amide bonds. The van der Waals surface area contributed by atoms with E-state index in [1.807, 2.05) is 17.8 Å². The van der Waals surface area contributed by atoms with Gasteiger partial charge in [-0.05, 0) is 19.1 Å². The molecular weight excluding hydrogens is 252 g/mol. The lowest BCUT2D eigenvalue weighted by Gasteiger charge is -2.34. The molecule has 0 spiro atoms. The van der Waals surface area contributed by atoms with Crippen molar-refractivity contribution in [3.8, 4) is 0 Å². The van der Waals surface area contributed by atoms with E-state index in [1.165, 1.54) is 5.69 Å². The van der Waals surface area contributed by atoms with E-state index in [0.29, 0.717) is 0 Å². The van der Waals surface area contributed by atoms with Crippen LogP contribution >= 0.6 is 0 Å². The minimum Gasteiger partial charge on any atom is -0.338 e. The molecule has 3 heterocycles. The minimum atomic E-state index is 0.834. The van der Waals surface area contributed by atoms with Crippen LogP contribution in [0.5, 0.6) is 0 Å². The molecule has 20 heavy (non-hydrogen) atoms. The van der Waals surface area contributed by atoms with E-state index in [0.717, 1.165) is 44.4 Å². The van der Waals surface area contributed by atoms with Crippen molar-refractivity contribution >= 4 is 5.95 Å². The average Bonchev–Trinajstić information content (AvgIpc) is 2.79. The number of rotatable bonds is 3. The third kappa shape index (κ3) is 2.80. The van der Waals surface area contributed by atoms with Crippen LogP contribution in [0.3, 0.4) is 0 Å². The van der Waals surface area contributed by atoms with Crippen LogP contribution in [0.15, 0.2) is 24.5 Å². The molecule has 1 aliphatic rings. The molecule has 2 aromatic rings. The molecule has 1 fully saturated rings. The van der Waals surface area contributed by atoms with Gasteiger partial charge in [0.2, 0.25) is 5.95 Å². The Morgan fingerprint density at radius 2 is 1.80 bits per heavy atom. The predicted molar refractivity (Wildman–Crippen MR) is 77.5 cm³/mol. The predicted octanol–water partition coefficient (Wildman–Crippen LogP) is 0.841. The molecule has 0 unspecified atom stereocenters. The van der Waals surface area contributed by atoms with Crippen LogP contribution in [0.25, 0.3) is 0 Å². The van der Waals surface area contributed by atoms with Crippen LogP contribution in [0.2, 0.25) is 0 Å². The van der Waals surface area contributed by atoms with Crippen molar-refractivity contribution in [1.82, 2.24) is 24.6 Å². The minimum absolute atomic E-state index is 0.834. The number of nitrogens with zero attached hydrogens (tertiary/aromatic N) is 6. The van der Waals surface area contributed by atoms with Crippen molar-refractivity contribution < 1.29 is 0 Å². The Labute approximate surface area is 119 Å². The van der Waals surface area contributed by atoms with E-state index in [4.69, 9.17) is 0 Å². The number of hydrogen-bond donors (Lipinski definition) is 0. The first kappa shape index (κ1) is 13.1. The second kappa shape index (κ2) is 5.58. The Hall–Kier alpha value is -1.95. The van der Waals surface area contributed by atoms with Crippen molar-refractivity contribution in [2.45, 2.75) is 13.5 Å². The van der Waals surface area contributed by atoms with Crippen molar-refractivity contribution in [3.05, 3.63) is 35.9 Å². The Morgan fingerprint density at radius 3 is 2.40 bits per heavy atom. The summed E-state index contributed by atoms with van der Waals surface area (Å²) in [6.07, 6.45) is 3.59. The van der Waals surface area contributed by atoms with Crippen molar-refractivity contribution in [2.75, 3.05) is 31.1 Å². The summed E-state index contributed by atoms with van der Waals surface area (Å²) in [5, 5.41) is 4.52. The van der Waals surface area contributed by atoms with Gasteiger partial charge in [-0.15, -0.1) is 0 Å². The molecule has 0 saturated carbocycles. The van der Waals surface area contributed by atoms with E-state index < -0.39 is 0 Å². The van der Waals surface area contributed by atoms with Gasteiger partial charge >= 0.3 is 0 Å². The maximum absolute atomic E-state index is 4.52. The molecule has 0 radical (unpaired) electrons. The zero-order valence-electron chi connectivity index (χ0n) is 12.0. The summed E-state index contributed by atoms with van der Waals surface area (Å²) >= 11 is 0. The molecule has 6 heteroatoms. The molecule has 2 aromatic heterocycles. The Kier molecular flexibility index (Phi) is 3.64. The Morgan fingerprint density at radius 1 is 1.10 bits per heavy atom. The SMILES string of the molecule is Cc1cc(CN2CCN(c3ncccn3)CC2)nn1C. The standard InChI is InChI=1S/C14H20N6/c1-12-10-13(17-18(12)2)11-19-6-8-20(9-7-19)14-15-4-3-5-16-14/h3-5,10H,6-9,11H2,1-2H3. The summed E-state index contributed by atoms with van der Waals surface area (Å²) in [6.45, 7) is 6.99. The first-order valence-electron chi connectivity index (χ1n) is 6.96. The number of aromatic nitrogens is 4. The van der Waals surface area contributed by atoms with Gasteiger partial charge in [-0.2, -0.15) is 5.10 Å². The highest BCUT2D eigenvalue weighted by Gasteiger charge is 2.19. The second-order valence-corrected chi connectivity index (χ2v) is 5.21. The molecule has 3 rings (SSSR count). The highest BCUT2D eigenvalue weighted by molar-refractivity contribution is 5.29. The largest absolute Gasteiger partial charge is 0.338 e. The molecule has 1 aliphatic heterocycles. The van der Waals surface area contributed by atoms with Crippen LogP contribution in [0.1, 0.15) is 11.4 Å². The van der Waals surface area contributed by atoms with Gasteiger partial charge in [0, 0.05) is 57.9 Å². The van der Waals surface area contributed by atoms with Gasteiger partial charge in [-0.25, -0.2) is 9.97 Å². The van der Waals surface area contributed by atoms with E-state index in [-0.39, 0.29) is 0 Å². The molecule has 0 bridgehead atoms. The normalized spacial score (nSPS) is 16.6. The number of aryl methyl sites for hydroxylation is 2. The lowest BCUT2D eigenvalue weighted by Crippen LogP contribution is -2.46. The molecule has 106 valence electrons. The molecule has 0 atom stereocenters. The smallest absolute Gasteiger partial charge is 0.225 e. The summed E-state index contributed by atoms with van der Waals surface area (Å²) in [4.78, 5) is 13.3. The maximum atomic E-state index is 4.52. The highest BCUT2D eigenvalue weighted by Crippen LogP contribution is 2.12. The Balaban J connectivity index is 1.56. The molecule has 0 aromatic carbocycles. The molecule has 1 saturated heterocycles. The third-order valence-electron chi connectivity index (χ3n) is 3.76. The number of anilines is 1. The number of hydrogen-bond acceptors (Lipinski definition) is 5.